The topological polar surface area (TPSA) is 70.3 Å². The Morgan fingerprint density at radius 2 is 1.52 bits per heavy atom. The summed E-state index contributed by atoms with van der Waals surface area (Å²) in [6, 6.07) is 9.17. The standard InChI is InChI=1S/C18H24N2O2S/c1-3-5-12-23(19,13-6-4-2)20-16-15(17(21)18(16)22)14-10-8-7-9-11-14/h7-11,19H,3-6,12-13H2,1-2H3. The first-order valence-electron chi connectivity index (χ1n) is 8.17. The van der Waals surface area contributed by atoms with Crippen LogP contribution in [0.3, 0.4) is 0 Å². The van der Waals surface area contributed by atoms with Crippen LogP contribution in [0.15, 0.2) is 44.3 Å². The fraction of sp³-hybridized carbons (Fsp3) is 0.444. The second-order valence-corrected chi connectivity index (χ2v) is 8.48. The molecule has 0 fully saturated rings. The number of hydrogen-bond donors (Lipinski definition) is 1. The number of benzene rings is 1. The van der Waals surface area contributed by atoms with Crippen molar-refractivity contribution in [3.63, 3.8) is 0 Å². The minimum absolute atomic E-state index is 0.235. The molecule has 5 heteroatoms. The minimum Gasteiger partial charge on any atom is -0.285 e. The number of hydrogen-bond acceptors (Lipinski definition) is 4. The number of nitrogens with one attached hydrogen (secondary N) is 1. The van der Waals surface area contributed by atoms with E-state index in [1.807, 2.05) is 30.3 Å². The monoisotopic (exact) mass is 332 g/mol. The van der Waals surface area contributed by atoms with E-state index >= 15 is 0 Å². The van der Waals surface area contributed by atoms with Gasteiger partial charge in [0, 0.05) is 11.5 Å². The second kappa shape index (κ2) is 7.68. The number of nitrogens with zero attached hydrogens (tertiary/aromatic N) is 1. The van der Waals surface area contributed by atoms with Gasteiger partial charge in [-0.05, 0) is 18.4 Å². The molecule has 2 aromatic carbocycles. The highest BCUT2D eigenvalue weighted by molar-refractivity contribution is 7.94. The van der Waals surface area contributed by atoms with Crippen molar-refractivity contribution in [3.05, 3.63) is 50.8 Å². The summed E-state index contributed by atoms with van der Waals surface area (Å²) >= 11 is 0. The normalized spacial score (nSPS) is 11.7. The molecule has 0 aliphatic heterocycles. The van der Waals surface area contributed by atoms with Gasteiger partial charge in [0.2, 0.25) is 5.43 Å². The molecule has 4 nitrogen and oxygen atoms in total. The van der Waals surface area contributed by atoms with E-state index in [9.17, 15) is 9.59 Å². The smallest absolute Gasteiger partial charge is 0.253 e. The first-order valence-corrected chi connectivity index (χ1v) is 10.1. The van der Waals surface area contributed by atoms with Crippen molar-refractivity contribution in [2.45, 2.75) is 39.5 Å². The maximum absolute atomic E-state index is 12.0. The van der Waals surface area contributed by atoms with E-state index < -0.39 is 20.5 Å². The maximum atomic E-state index is 12.0. The van der Waals surface area contributed by atoms with E-state index in [1.165, 1.54) is 0 Å². The molecule has 124 valence electrons. The lowest BCUT2D eigenvalue weighted by molar-refractivity contribution is 0.869. The van der Waals surface area contributed by atoms with E-state index in [0.717, 1.165) is 31.2 Å². The molecule has 23 heavy (non-hydrogen) atoms. The largest absolute Gasteiger partial charge is 0.285 e. The average Bonchev–Trinajstić information content (AvgIpc) is 2.58. The van der Waals surface area contributed by atoms with Crippen LogP contribution in [0, 0.1) is 4.78 Å². The molecule has 0 heterocycles. The van der Waals surface area contributed by atoms with E-state index in [2.05, 4.69) is 18.2 Å². The molecule has 0 spiro atoms. The predicted molar refractivity (Wildman–Crippen MR) is 98.5 cm³/mol. The van der Waals surface area contributed by atoms with Gasteiger partial charge in [0.1, 0.15) is 5.69 Å². The van der Waals surface area contributed by atoms with Gasteiger partial charge in [-0.1, -0.05) is 66.6 Å². The molecule has 1 N–H and O–H groups in total. The van der Waals surface area contributed by atoms with E-state index in [4.69, 9.17) is 4.78 Å². The van der Waals surface area contributed by atoms with E-state index in [0.29, 0.717) is 17.1 Å². The molecule has 0 atom stereocenters. The Morgan fingerprint density at radius 3 is 2.04 bits per heavy atom. The lowest BCUT2D eigenvalue weighted by Crippen LogP contribution is -2.32. The maximum Gasteiger partial charge on any atom is 0.253 e. The zero-order chi connectivity index (χ0) is 16.9. The molecule has 0 saturated heterocycles. The third kappa shape index (κ3) is 3.96. The fourth-order valence-corrected chi connectivity index (χ4v) is 4.92. The van der Waals surface area contributed by atoms with Crippen molar-refractivity contribution in [2.75, 3.05) is 11.5 Å². The predicted octanol–water partition coefficient (Wildman–Crippen LogP) is 4.28. The molecule has 0 amide bonds. The van der Waals surface area contributed by atoms with Crippen molar-refractivity contribution in [3.8, 4) is 11.1 Å². The second-order valence-electron chi connectivity index (χ2n) is 5.80. The first-order chi connectivity index (χ1) is 11.0. The number of rotatable bonds is 8. The average molecular weight is 332 g/mol. The van der Waals surface area contributed by atoms with Gasteiger partial charge in [0.15, 0.2) is 0 Å². The molecular formula is C18H24N2O2S. The minimum atomic E-state index is -1.98. The summed E-state index contributed by atoms with van der Waals surface area (Å²) in [5.41, 5.74) is 0.360. The lowest BCUT2D eigenvalue weighted by Gasteiger charge is -2.15. The molecule has 0 aromatic heterocycles. The zero-order valence-corrected chi connectivity index (χ0v) is 14.6. The van der Waals surface area contributed by atoms with Gasteiger partial charge in [-0.25, -0.2) is 4.36 Å². The summed E-state index contributed by atoms with van der Waals surface area (Å²) in [6.45, 7) is 4.18. The summed E-state index contributed by atoms with van der Waals surface area (Å²) in [5.74, 6) is 1.41. The van der Waals surface area contributed by atoms with Crippen LogP contribution in [-0.2, 0) is 9.62 Å². The molecule has 2 rings (SSSR count). The Labute approximate surface area is 137 Å². The molecule has 0 saturated carbocycles. The van der Waals surface area contributed by atoms with Gasteiger partial charge in [-0.2, -0.15) is 0 Å². The molecule has 2 aromatic rings. The fourth-order valence-electron chi connectivity index (χ4n) is 2.47. The highest BCUT2D eigenvalue weighted by Crippen LogP contribution is 2.27. The van der Waals surface area contributed by atoms with Gasteiger partial charge >= 0.3 is 0 Å². The Hall–Kier alpha value is -1.75. The summed E-state index contributed by atoms with van der Waals surface area (Å²) in [4.78, 5) is 24.0. The van der Waals surface area contributed by atoms with Gasteiger partial charge < -0.3 is 0 Å². The Balaban J connectivity index is 2.48. The van der Waals surface area contributed by atoms with Crippen LogP contribution in [0.25, 0.3) is 11.1 Å². The molecule has 0 radical (unpaired) electrons. The Kier molecular flexibility index (Phi) is 5.88. The van der Waals surface area contributed by atoms with Gasteiger partial charge in [0.25, 0.3) is 5.43 Å². The van der Waals surface area contributed by atoms with Crippen LogP contribution in [0.2, 0.25) is 0 Å². The molecular weight excluding hydrogens is 308 g/mol. The Morgan fingerprint density at radius 1 is 0.957 bits per heavy atom. The van der Waals surface area contributed by atoms with Crippen LogP contribution >= 0.6 is 0 Å². The molecule has 0 unspecified atom stereocenters. The summed E-state index contributed by atoms with van der Waals surface area (Å²) in [6.07, 6.45) is 3.88. The summed E-state index contributed by atoms with van der Waals surface area (Å²) in [5, 5.41) is 0. The van der Waals surface area contributed by atoms with Gasteiger partial charge in [-0.3, -0.25) is 14.4 Å². The first kappa shape index (κ1) is 17.6. The number of unbranched alkanes of at least 4 members (excludes halogenated alkanes) is 2. The lowest BCUT2D eigenvalue weighted by atomic mass is 9.99. The highest BCUT2D eigenvalue weighted by Gasteiger charge is 2.23. The summed E-state index contributed by atoms with van der Waals surface area (Å²) < 4.78 is 13.3. The quantitative estimate of drug-likeness (QED) is 0.733. The molecule has 0 aliphatic rings. The van der Waals surface area contributed by atoms with Crippen LogP contribution in [-0.4, -0.2) is 11.5 Å². The Bertz CT molecular complexity index is 826. The van der Waals surface area contributed by atoms with Crippen LogP contribution in [0.4, 0.5) is 5.69 Å². The van der Waals surface area contributed by atoms with Crippen molar-refractivity contribution in [1.29, 1.82) is 4.78 Å². The van der Waals surface area contributed by atoms with Crippen molar-refractivity contribution < 1.29 is 0 Å². The van der Waals surface area contributed by atoms with E-state index in [-0.39, 0.29) is 5.69 Å². The molecule has 0 aliphatic carbocycles. The zero-order valence-electron chi connectivity index (χ0n) is 13.8. The van der Waals surface area contributed by atoms with Gasteiger partial charge in [0.05, 0.1) is 5.56 Å². The SMILES string of the molecule is CCCCS(=N)(CCCC)=Nc1c(-c2ccccc2)c(=O)c1=O. The van der Waals surface area contributed by atoms with Crippen LogP contribution in [0.5, 0.6) is 0 Å². The van der Waals surface area contributed by atoms with Crippen molar-refractivity contribution in [1.82, 2.24) is 0 Å². The third-order valence-corrected chi connectivity index (χ3v) is 6.34. The van der Waals surface area contributed by atoms with Crippen LogP contribution in [0.1, 0.15) is 39.5 Å². The highest BCUT2D eigenvalue weighted by atomic mass is 32.2. The molecule has 0 bridgehead atoms. The van der Waals surface area contributed by atoms with Gasteiger partial charge in [-0.15, -0.1) is 0 Å². The van der Waals surface area contributed by atoms with Crippen molar-refractivity contribution in [2.24, 2.45) is 4.36 Å². The van der Waals surface area contributed by atoms with Crippen LogP contribution < -0.4 is 10.9 Å². The van der Waals surface area contributed by atoms with E-state index in [1.54, 1.807) is 0 Å². The van der Waals surface area contributed by atoms with Crippen molar-refractivity contribution >= 4 is 15.3 Å². The third-order valence-electron chi connectivity index (χ3n) is 3.88. The summed E-state index contributed by atoms with van der Waals surface area (Å²) in [7, 11) is -1.98.